The number of hydrogen-bond acceptors (Lipinski definition) is 3. The number of benzene rings is 2. The molecule has 6 heteroatoms. The summed E-state index contributed by atoms with van der Waals surface area (Å²) in [5, 5.41) is 2.49. The largest absolute Gasteiger partial charge is 0.467 e. The molecule has 4 nitrogen and oxygen atoms in total. The third-order valence-corrected chi connectivity index (χ3v) is 3.78. The van der Waals surface area contributed by atoms with Gasteiger partial charge in [-0.15, -0.1) is 0 Å². The maximum absolute atomic E-state index is 13.6. The molecule has 0 saturated heterocycles. The van der Waals surface area contributed by atoms with E-state index in [1.165, 1.54) is 13.2 Å². The van der Waals surface area contributed by atoms with Gasteiger partial charge in [0, 0.05) is 12.0 Å². The van der Waals surface area contributed by atoms with E-state index in [2.05, 4.69) is 5.32 Å². The van der Waals surface area contributed by atoms with Crippen LogP contribution in [0.4, 0.5) is 8.78 Å². The Morgan fingerprint density at radius 2 is 1.68 bits per heavy atom. The molecule has 25 heavy (non-hydrogen) atoms. The topological polar surface area (TPSA) is 55.4 Å². The fraction of sp³-hybridized carbons (Fsp3) is 0.263. The van der Waals surface area contributed by atoms with Gasteiger partial charge < -0.3 is 10.1 Å². The fourth-order valence-corrected chi connectivity index (χ4v) is 2.40. The molecule has 1 amide bonds. The number of nitrogens with one attached hydrogen (secondary N) is 1. The van der Waals surface area contributed by atoms with Crippen molar-refractivity contribution in [2.75, 3.05) is 7.11 Å². The number of ether oxygens (including phenoxy) is 1. The van der Waals surface area contributed by atoms with Gasteiger partial charge in [0.25, 0.3) is 0 Å². The van der Waals surface area contributed by atoms with Crippen molar-refractivity contribution in [2.24, 2.45) is 0 Å². The van der Waals surface area contributed by atoms with Crippen LogP contribution in [0.1, 0.15) is 16.7 Å². The number of hydrogen-bond donors (Lipinski definition) is 1. The summed E-state index contributed by atoms with van der Waals surface area (Å²) in [4.78, 5) is 24.1. The molecule has 132 valence electrons. The zero-order valence-corrected chi connectivity index (χ0v) is 14.0. The van der Waals surface area contributed by atoms with Crippen LogP contribution in [0.5, 0.6) is 0 Å². The molecule has 0 heterocycles. The summed E-state index contributed by atoms with van der Waals surface area (Å²) < 4.78 is 32.0. The molecular formula is C19H19F2NO3. The molecule has 0 aromatic heterocycles. The first-order valence-corrected chi connectivity index (χ1v) is 7.76. The van der Waals surface area contributed by atoms with Crippen LogP contribution in [0.3, 0.4) is 0 Å². The van der Waals surface area contributed by atoms with Gasteiger partial charge in [-0.2, -0.15) is 0 Å². The van der Waals surface area contributed by atoms with Gasteiger partial charge in [-0.1, -0.05) is 35.9 Å². The van der Waals surface area contributed by atoms with E-state index in [1.54, 1.807) is 0 Å². The number of esters is 1. The van der Waals surface area contributed by atoms with Crippen molar-refractivity contribution in [2.45, 2.75) is 25.8 Å². The molecule has 0 unspecified atom stereocenters. The summed E-state index contributed by atoms with van der Waals surface area (Å²) in [6.45, 7) is 1.94. The predicted octanol–water partition coefficient (Wildman–Crippen LogP) is 2.72. The minimum atomic E-state index is -0.935. The summed E-state index contributed by atoms with van der Waals surface area (Å²) in [5.74, 6) is -2.89. The van der Waals surface area contributed by atoms with Crippen LogP contribution in [0.15, 0.2) is 42.5 Å². The monoisotopic (exact) mass is 347 g/mol. The van der Waals surface area contributed by atoms with Crippen molar-refractivity contribution in [3.63, 3.8) is 0 Å². The van der Waals surface area contributed by atoms with Crippen LogP contribution >= 0.6 is 0 Å². The number of aryl methyl sites for hydroxylation is 1. The first-order valence-electron chi connectivity index (χ1n) is 7.76. The van der Waals surface area contributed by atoms with Crippen LogP contribution in [0.2, 0.25) is 0 Å². The summed E-state index contributed by atoms with van der Waals surface area (Å²) >= 11 is 0. The smallest absolute Gasteiger partial charge is 0.328 e. The SMILES string of the molecule is COC(=O)[C@H](Cc1ccc(C)cc1)NC(=O)Cc1c(F)cccc1F. The molecule has 0 aliphatic rings. The Hall–Kier alpha value is -2.76. The van der Waals surface area contributed by atoms with Crippen LogP contribution in [0, 0.1) is 18.6 Å². The maximum Gasteiger partial charge on any atom is 0.328 e. The van der Waals surface area contributed by atoms with E-state index in [4.69, 9.17) is 4.74 Å². The molecule has 0 radical (unpaired) electrons. The van der Waals surface area contributed by atoms with Crippen LogP contribution in [-0.4, -0.2) is 25.0 Å². The predicted molar refractivity (Wildman–Crippen MR) is 88.9 cm³/mol. The van der Waals surface area contributed by atoms with Gasteiger partial charge in [-0.05, 0) is 24.6 Å². The molecule has 1 atom stereocenters. The summed E-state index contributed by atoms with van der Waals surface area (Å²) in [6, 6.07) is 9.91. The van der Waals surface area contributed by atoms with Gasteiger partial charge in [0.15, 0.2) is 0 Å². The van der Waals surface area contributed by atoms with E-state index in [9.17, 15) is 18.4 Å². The molecular weight excluding hydrogens is 328 g/mol. The van der Waals surface area contributed by atoms with Crippen molar-refractivity contribution in [1.29, 1.82) is 0 Å². The first-order chi connectivity index (χ1) is 11.9. The number of methoxy groups -OCH3 is 1. The second-order valence-electron chi connectivity index (χ2n) is 5.71. The molecule has 2 aromatic carbocycles. The molecule has 0 aliphatic heterocycles. The molecule has 2 rings (SSSR count). The van der Waals surface area contributed by atoms with E-state index < -0.39 is 36.0 Å². The highest BCUT2D eigenvalue weighted by molar-refractivity contribution is 5.85. The second kappa shape index (κ2) is 8.37. The quantitative estimate of drug-likeness (QED) is 0.818. The molecule has 0 aliphatic carbocycles. The zero-order valence-electron chi connectivity index (χ0n) is 14.0. The fourth-order valence-electron chi connectivity index (χ4n) is 2.40. The number of rotatable bonds is 6. The Morgan fingerprint density at radius 3 is 2.24 bits per heavy atom. The average Bonchev–Trinajstić information content (AvgIpc) is 2.59. The Labute approximate surface area is 144 Å². The third kappa shape index (κ3) is 5.11. The Bertz CT molecular complexity index is 740. The Kier molecular flexibility index (Phi) is 6.22. The molecule has 2 aromatic rings. The lowest BCUT2D eigenvalue weighted by Gasteiger charge is -2.17. The van der Waals surface area contributed by atoms with E-state index in [0.717, 1.165) is 23.3 Å². The highest BCUT2D eigenvalue weighted by atomic mass is 19.1. The number of amides is 1. The van der Waals surface area contributed by atoms with Gasteiger partial charge in [0.1, 0.15) is 17.7 Å². The summed E-state index contributed by atoms with van der Waals surface area (Å²) in [6.07, 6.45) is -0.279. The second-order valence-corrected chi connectivity index (χ2v) is 5.71. The summed E-state index contributed by atoms with van der Waals surface area (Å²) in [7, 11) is 1.22. The number of carbonyl (C=O) groups excluding carboxylic acids is 2. The zero-order chi connectivity index (χ0) is 18.4. The Morgan fingerprint density at radius 1 is 1.08 bits per heavy atom. The normalized spacial score (nSPS) is 11.7. The van der Waals surface area contributed by atoms with Gasteiger partial charge in [-0.25, -0.2) is 13.6 Å². The maximum atomic E-state index is 13.6. The molecule has 0 fully saturated rings. The number of carbonyl (C=O) groups is 2. The highest BCUT2D eigenvalue weighted by Gasteiger charge is 2.23. The highest BCUT2D eigenvalue weighted by Crippen LogP contribution is 2.13. The first kappa shape index (κ1) is 18.6. The van der Waals surface area contributed by atoms with Crippen LogP contribution in [0.25, 0.3) is 0 Å². The van der Waals surface area contributed by atoms with Crippen LogP contribution < -0.4 is 5.32 Å². The van der Waals surface area contributed by atoms with Crippen molar-refractivity contribution < 1.29 is 23.1 Å². The van der Waals surface area contributed by atoms with Crippen molar-refractivity contribution in [3.8, 4) is 0 Å². The van der Waals surface area contributed by atoms with Gasteiger partial charge in [0.2, 0.25) is 5.91 Å². The van der Waals surface area contributed by atoms with Gasteiger partial charge >= 0.3 is 5.97 Å². The third-order valence-electron chi connectivity index (χ3n) is 3.78. The molecule has 1 N–H and O–H groups in total. The molecule has 0 saturated carbocycles. The standard InChI is InChI=1S/C19H19F2NO3/c1-12-6-8-13(9-7-12)10-17(19(24)25-2)22-18(23)11-14-15(20)4-3-5-16(14)21/h3-9,17H,10-11H2,1-2H3,(H,22,23)/t17-/m0/s1. The lowest BCUT2D eigenvalue weighted by Crippen LogP contribution is -2.43. The van der Waals surface area contributed by atoms with E-state index >= 15 is 0 Å². The Balaban J connectivity index is 2.09. The van der Waals surface area contributed by atoms with Crippen molar-refractivity contribution >= 4 is 11.9 Å². The van der Waals surface area contributed by atoms with E-state index in [-0.39, 0.29) is 12.0 Å². The molecule has 0 spiro atoms. The lowest BCUT2D eigenvalue weighted by molar-refractivity contribution is -0.145. The van der Waals surface area contributed by atoms with E-state index in [0.29, 0.717) is 0 Å². The minimum Gasteiger partial charge on any atom is -0.467 e. The summed E-state index contributed by atoms with van der Waals surface area (Å²) in [5.41, 5.74) is 1.56. The average molecular weight is 347 g/mol. The van der Waals surface area contributed by atoms with Crippen molar-refractivity contribution in [3.05, 3.63) is 70.8 Å². The van der Waals surface area contributed by atoms with Gasteiger partial charge in [-0.3, -0.25) is 4.79 Å². The van der Waals surface area contributed by atoms with E-state index in [1.807, 2.05) is 31.2 Å². The number of halogens is 2. The van der Waals surface area contributed by atoms with Crippen LogP contribution in [-0.2, 0) is 27.2 Å². The molecule has 0 bridgehead atoms. The van der Waals surface area contributed by atoms with Gasteiger partial charge in [0.05, 0.1) is 13.5 Å². The van der Waals surface area contributed by atoms with Crippen molar-refractivity contribution in [1.82, 2.24) is 5.32 Å². The lowest BCUT2D eigenvalue weighted by atomic mass is 10.0. The minimum absolute atomic E-state index is 0.221.